The lowest BCUT2D eigenvalue weighted by atomic mass is 10.1. The number of halogens is 3. The average Bonchev–Trinajstić information content (AvgIpc) is 2.21. The summed E-state index contributed by atoms with van der Waals surface area (Å²) in [5.41, 5.74) is -1.48. The van der Waals surface area contributed by atoms with Crippen molar-refractivity contribution >= 4 is 28.6 Å². The van der Waals surface area contributed by atoms with Gasteiger partial charge in [-0.2, -0.15) is 0 Å². The molecule has 0 aliphatic carbocycles. The molecule has 0 atom stereocenters. The summed E-state index contributed by atoms with van der Waals surface area (Å²) in [5.74, 6) is -0.909. The molecule has 1 rings (SSSR count). The summed E-state index contributed by atoms with van der Waals surface area (Å²) in [4.78, 5) is 24.8. The lowest BCUT2D eigenvalue weighted by Gasteiger charge is -2.08. The summed E-state index contributed by atoms with van der Waals surface area (Å²) in [6.45, 7) is 1.62. The van der Waals surface area contributed by atoms with Crippen LogP contribution in [0.2, 0.25) is 0 Å². The largest absolute Gasteiger partial charge is 0.462 e. The molecule has 0 saturated heterocycles. The number of rotatable bonds is 3. The Balaban J connectivity index is 3.37. The predicted molar refractivity (Wildman–Crippen MR) is 60.7 cm³/mol. The Kier molecular flexibility index (Phi) is 4.39. The number of hydrogen-bond acceptors (Lipinski definition) is 3. The first kappa shape index (κ1) is 13.1. The van der Waals surface area contributed by atoms with Crippen LogP contribution in [0.1, 0.15) is 29.3 Å². The number of H-pyrrole nitrogens is 1. The summed E-state index contributed by atoms with van der Waals surface area (Å²) in [6.07, 6.45) is -2.01. The second-order valence-electron chi connectivity index (χ2n) is 2.78. The molecule has 0 bridgehead atoms. The molecule has 0 saturated carbocycles. The van der Waals surface area contributed by atoms with Crippen molar-refractivity contribution in [1.82, 2.24) is 4.98 Å². The highest BCUT2D eigenvalue weighted by molar-refractivity contribution is 14.1. The van der Waals surface area contributed by atoms with E-state index in [1.165, 1.54) is 0 Å². The maximum atomic E-state index is 12.6. The van der Waals surface area contributed by atoms with E-state index in [-0.39, 0.29) is 15.7 Å². The summed E-state index contributed by atoms with van der Waals surface area (Å²) >= 11 is 1.54. The predicted octanol–water partition coefficient (Wildman–Crippen LogP) is 2.09. The molecular weight excluding hydrogens is 335 g/mol. The summed E-state index contributed by atoms with van der Waals surface area (Å²) in [5, 5.41) is 0. The van der Waals surface area contributed by atoms with E-state index in [0.29, 0.717) is 0 Å². The van der Waals surface area contributed by atoms with Gasteiger partial charge in [-0.3, -0.25) is 4.79 Å². The maximum absolute atomic E-state index is 12.6. The zero-order chi connectivity index (χ0) is 12.3. The van der Waals surface area contributed by atoms with Gasteiger partial charge < -0.3 is 9.72 Å². The van der Waals surface area contributed by atoms with Gasteiger partial charge >= 0.3 is 5.97 Å². The fourth-order valence-electron chi connectivity index (χ4n) is 1.10. The second kappa shape index (κ2) is 5.37. The topological polar surface area (TPSA) is 59.2 Å². The Hall–Kier alpha value is -0.990. The number of ether oxygens (including phenoxy) is 1. The fourth-order valence-corrected chi connectivity index (χ4v) is 1.79. The highest BCUT2D eigenvalue weighted by atomic mass is 127. The first-order valence-corrected chi connectivity index (χ1v) is 5.43. The second-order valence-corrected chi connectivity index (χ2v) is 3.86. The highest BCUT2D eigenvalue weighted by Gasteiger charge is 2.24. The van der Waals surface area contributed by atoms with Gasteiger partial charge in [-0.25, -0.2) is 13.6 Å². The molecule has 0 aromatic carbocycles. The Bertz CT molecular complexity index is 459. The van der Waals surface area contributed by atoms with Gasteiger partial charge in [0.15, 0.2) is 0 Å². The van der Waals surface area contributed by atoms with Crippen molar-refractivity contribution in [2.75, 3.05) is 6.61 Å². The van der Waals surface area contributed by atoms with Gasteiger partial charge in [-0.05, 0) is 29.5 Å². The quantitative estimate of drug-likeness (QED) is 0.676. The summed E-state index contributed by atoms with van der Waals surface area (Å²) in [6, 6.07) is 0. The van der Waals surface area contributed by atoms with Crippen LogP contribution in [0.15, 0.2) is 11.0 Å². The van der Waals surface area contributed by atoms with Crippen molar-refractivity contribution in [3.8, 4) is 0 Å². The zero-order valence-electron chi connectivity index (χ0n) is 8.22. The molecule has 0 aliphatic heterocycles. The van der Waals surface area contributed by atoms with Crippen LogP contribution in [0.4, 0.5) is 8.78 Å². The molecule has 7 heteroatoms. The Morgan fingerprint density at radius 2 is 2.25 bits per heavy atom. The maximum Gasteiger partial charge on any atom is 0.339 e. The van der Waals surface area contributed by atoms with Crippen LogP contribution >= 0.6 is 22.6 Å². The molecule has 1 aromatic rings. The van der Waals surface area contributed by atoms with Crippen LogP contribution in [0.5, 0.6) is 0 Å². The number of aromatic nitrogens is 1. The van der Waals surface area contributed by atoms with E-state index in [2.05, 4.69) is 9.72 Å². The first-order chi connectivity index (χ1) is 7.49. The van der Waals surface area contributed by atoms with E-state index < -0.39 is 23.5 Å². The summed E-state index contributed by atoms with van der Waals surface area (Å²) < 4.78 is 29.7. The minimum atomic E-state index is -2.84. The number of alkyl halides is 2. The summed E-state index contributed by atoms with van der Waals surface area (Å²) in [7, 11) is 0. The van der Waals surface area contributed by atoms with Gasteiger partial charge in [-0.15, -0.1) is 0 Å². The molecule has 0 unspecified atom stereocenters. The van der Waals surface area contributed by atoms with Crippen molar-refractivity contribution in [1.29, 1.82) is 0 Å². The van der Waals surface area contributed by atoms with Crippen LogP contribution in [0, 0.1) is 3.57 Å². The first-order valence-electron chi connectivity index (χ1n) is 4.35. The number of carbonyl (C=O) groups is 1. The molecule has 1 N–H and O–H groups in total. The fraction of sp³-hybridized carbons (Fsp3) is 0.333. The van der Waals surface area contributed by atoms with Gasteiger partial charge in [0.1, 0.15) is 0 Å². The number of nitrogens with one attached hydrogen (secondary N) is 1. The van der Waals surface area contributed by atoms with E-state index in [0.717, 1.165) is 6.20 Å². The minimum Gasteiger partial charge on any atom is -0.462 e. The highest BCUT2D eigenvalue weighted by Crippen LogP contribution is 2.24. The van der Waals surface area contributed by atoms with Crippen LogP contribution < -0.4 is 5.56 Å². The third-order valence-corrected chi connectivity index (χ3v) is 2.81. The molecule has 1 aromatic heterocycles. The Morgan fingerprint density at radius 3 is 2.75 bits per heavy atom. The molecule has 0 amide bonds. The van der Waals surface area contributed by atoms with Crippen molar-refractivity contribution in [2.24, 2.45) is 0 Å². The van der Waals surface area contributed by atoms with E-state index in [1.54, 1.807) is 29.5 Å². The third kappa shape index (κ3) is 2.57. The minimum absolute atomic E-state index is 0.0599. The number of aromatic amines is 1. The number of pyridine rings is 1. The van der Waals surface area contributed by atoms with Crippen LogP contribution in [-0.4, -0.2) is 17.6 Å². The monoisotopic (exact) mass is 343 g/mol. The van der Waals surface area contributed by atoms with Crippen LogP contribution in [0.25, 0.3) is 0 Å². The molecule has 0 radical (unpaired) electrons. The van der Waals surface area contributed by atoms with Crippen molar-refractivity contribution in [2.45, 2.75) is 13.3 Å². The normalized spacial score (nSPS) is 10.6. The SMILES string of the molecule is CCOC(=O)c1c(C(F)F)c[nH]c(=O)c1I. The van der Waals surface area contributed by atoms with Crippen LogP contribution in [0.3, 0.4) is 0 Å². The van der Waals surface area contributed by atoms with Crippen molar-refractivity contribution in [3.05, 3.63) is 31.2 Å². The molecule has 0 aliphatic rings. The number of carbonyl (C=O) groups excluding carboxylic acids is 1. The van der Waals surface area contributed by atoms with Crippen molar-refractivity contribution < 1.29 is 18.3 Å². The zero-order valence-corrected chi connectivity index (χ0v) is 10.4. The molecular formula is C9H8F2INO3. The van der Waals surface area contributed by atoms with E-state index in [9.17, 15) is 18.4 Å². The molecule has 0 spiro atoms. The lowest BCUT2D eigenvalue weighted by molar-refractivity contribution is 0.0513. The van der Waals surface area contributed by atoms with Gasteiger partial charge in [0, 0.05) is 11.8 Å². The molecule has 4 nitrogen and oxygen atoms in total. The molecule has 1 heterocycles. The van der Waals surface area contributed by atoms with E-state index in [4.69, 9.17) is 0 Å². The third-order valence-electron chi connectivity index (χ3n) is 1.78. The van der Waals surface area contributed by atoms with Gasteiger partial charge in [0.05, 0.1) is 15.7 Å². The molecule has 0 fully saturated rings. The molecule has 88 valence electrons. The van der Waals surface area contributed by atoms with E-state index in [1.807, 2.05) is 0 Å². The number of hydrogen-bond donors (Lipinski definition) is 1. The average molecular weight is 343 g/mol. The van der Waals surface area contributed by atoms with Crippen molar-refractivity contribution in [3.63, 3.8) is 0 Å². The van der Waals surface area contributed by atoms with Gasteiger partial charge in [-0.1, -0.05) is 0 Å². The van der Waals surface area contributed by atoms with Gasteiger partial charge in [0.25, 0.3) is 12.0 Å². The van der Waals surface area contributed by atoms with Crippen LogP contribution in [-0.2, 0) is 4.74 Å². The van der Waals surface area contributed by atoms with Gasteiger partial charge in [0.2, 0.25) is 0 Å². The molecule has 16 heavy (non-hydrogen) atoms. The van der Waals surface area contributed by atoms with E-state index >= 15 is 0 Å². The smallest absolute Gasteiger partial charge is 0.339 e. The number of esters is 1. The Labute approximate surface area is 103 Å². The Morgan fingerprint density at radius 1 is 1.62 bits per heavy atom. The standard InChI is InChI=1S/C9H8F2INO3/c1-2-16-9(15)5-4(7(10)11)3-13-8(14)6(5)12/h3,7H,2H2,1H3,(H,13,14). The lowest BCUT2D eigenvalue weighted by Crippen LogP contribution is -2.20.